The number of rotatable bonds is 6. The van der Waals surface area contributed by atoms with Crippen molar-refractivity contribution >= 4 is 5.69 Å². The van der Waals surface area contributed by atoms with Crippen LogP contribution in [0.2, 0.25) is 0 Å². The predicted octanol–water partition coefficient (Wildman–Crippen LogP) is 3.31. The summed E-state index contributed by atoms with van der Waals surface area (Å²) in [4.78, 5) is 4.46. The second-order valence-corrected chi connectivity index (χ2v) is 7.73. The highest BCUT2D eigenvalue weighted by Crippen LogP contribution is 2.31. The monoisotopic (exact) mass is 410 g/mol. The van der Waals surface area contributed by atoms with Gasteiger partial charge in [-0.05, 0) is 54.1 Å². The fraction of sp³-hybridized carbons (Fsp3) is 0.409. The summed E-state index contributed by atoms with van der Waals surface area (Å²) in [6.45, 7) is 7.15. The van der Waals surface area contributed by atoms with Gasteiger partial charge in [-0.2, -0.15) is 0 Å². The highest BCUT2D eigenvalue weighted by atomic mass is 19.1. The first-order valence-corrected chi connectivity index (χ1v) is 10.2. The van der Waals surface area contributed by atoms with Crippen LogP contribution in [-0.2, 0) is 0 Å². The maximum absolute atomic E-state index is 14.2. The average Bonchev–Trinajstić information content (AvgIpc) is 3.25. The Morgan fingerprint density at radius 1 is 0.967 bits per heavy atom. The van der Waals surface area contributed by atoms with Gasteiger partial charge in [-0.15, -0.1) is 5.10 Å². The smallest absolute Gasteiger partial charge is 0.173 e. The average molecular weight is 410 g/mol. The van der Waals surface area contributed by atoms with Gasteiger partial charge in [0.05, 0.1) is 24.9 Å². The molecule has 8 heteroatoms. The minimum absolute atomic E-state index is 0.0870. The van der Waals surface area contributed by atoms with Crippen LogP contribution in [0, 0.1) is 5.82 Å². The van der Waals surface area contributed by atoms with Crippen molar-refractivity contribution in [3.05, 3.63) is 65.7 Å². The molecule has 30 heavy (non-hydrogen) atoms. The van der Waals surface area contributed by atoms with Gasteiger partial charge in [0, 0.05) is 26.2 Å². The summed E-state index contributed by atoms with van der Waals surface area (Å²) >= 11 is 0. The SMILES string of the molecule is COc1ccc([C@@H](c2nnnn2C(C)C)N2CCN(c3ccccc3F)CC2)cc1. The van der Waals surface area contributed by atoms with Crippen LogP contribution in [0.25, 0.3) is 0 Å². The molecule has 2 heterocycles. The fourth-order valence-electron chi connectivity index (χ4n) is 3.99. The van der Waals surface area contributed by atoms with Crippen LogP contribution in [0.1, 0.15) is 37.3 Å². The van der Waals surface area contributed by atoms with Gasteiger partial charge in [0.25, 0.3) is 0 Å². The highest BCUT2D eigenvalue weighted by Gasteiger charge is 2.31. The third-order valence-corrected chi connectivity index (χ3v) is 5.56. The topological polar surface area (TPSA) is 59.3 Å². The van der Waals surface area contributed by atoms with E-state index in [-0.39, 0.29) is 17.9 Å². The number of nitrogens with zero attached hydrogens (tertiary/aromatic N) is 6. The Morgan fingerprint density at radius 3 is 2.30 bits per heavy atom. The Balaban J connectivity index is 1.62. The molecule has 4 rings (SSSR count). The van der Waals surface area contributed by atoms with Crippen molar-refractivity contribution in [1.29, 1.82) is 0 Å². The molecule has 0 N–H and O–H groups in total. The molecule has 1 aromatic heterocycles. The first-order chi connectivity index (χ1) is 14.6. The number of hydrogen-bond acceptors (Lipinski definition) is 6. The Hall–Kier alpha value is -3.00. The highest BCUT2D eigenvalue weighted by molar-refractivity contribution is 5.48. The molecular weight excluding hydrogens is 383 g/mol. The van der Waals surface area contributed by atoms with E-state index in [2.05, 4.69) is 51.3 Å². The Morgan fingerprint density at radius 2 is 1.67 bits per heavy atom. The largest absolute Gasteiger partial charge is 0.497 e. The van der Waals surface area contributed by atoms with Gasteiger partial charge < -0.3 is 9.64 Å². The molecule has 0 radical (unpaired) electrons. The van der Waals surface area contributed by atoms with Crippen LogP contribution in [-0.4, -0.2) is 58.4 Å². The molecule has 158 valence electrons. The molecule has 1 atom stereocenters. The number of hydrogen-bond donors (Lipinski definition) is 0. The molecule has 0 saturated carbocycles. The molecule has 3 aromatic rings. The normalized spacial score (nSPS) is 16.1. The second-order valence-electron chi connectivity index (χ2n) is 7.73. The van der Waals surface area contributed by atoms with Gasteiger partial charge in [-0.3, -0.25) is 4.90 Å². The molecule has 1 saturated heterocycles. The van der Waals surface area contributed by atoms with Gasteiger partial charge >= 0.3 is 0 Å². The minimum atomic E-state index is -0.179. The van der Waals surface area contributed by atoms with Crippen LogP contribution in [0.3, 0.4) is 0 Å². The summed E-state index contributed by atoms with van der Waals surface area (Å²) in [6.07, 6.45) is 0. The van der Waals surface area contributed by atoms with E-state index in [1.807, 2.05) is 28.9 Å². The molecule has 1 aliphatic heterocycles. The summed E-state index contributed by atoms with van der Waals surface area (Å²) in [5.41, 5.74) is 1.76. The van der Waals surface area contributed by atoms with E-state index < -0.39 is 0 Å². The standard InChI is InChI=1S/C22H27FN6O/c1-16(2)29-22(24-25-26-29)21(17-8-10-18(30-3)11-9-17)28-14-12-27(13-15-28)20-7-5-4-6-19(20)23/h4-11,16,21H,12-15H2,1-3H3/t21-/m0/s1. The van der Waals surface area contributed by atoms with Gasteiger partial charge in [-0.1, -0.05) is 24.3 Å². The van der Waals surface area contributed by atoms with E-state index in [9.17, 15) is 4.39 Å². The van der Waals surface area contributed by atoms with Crippen molar-refractivity contribution in [3.8, 4) is 5.75 Å². The number of halogens is 1. The van der Waals surface area contributed by atoms with Gasteiger partial charge in [0.15, 0.2) is 5.82 Å². The molecular formula is C22H27FN6O. The second kappa shape index (κ2) is 8.79. The molecule has 1 fully saturated rings. The van der Waals surface area contributed by atoms with E-state index in [1.165, 1.54) is 6.07 Å². The summed E-state index contributed by atoms with van der Waals surface area (Å²) < 4.78 is 21.4. The maximum atomic E-state index is 14.2. The zero-order valence-electron chi connectivity index (χ0n) is 17.6. The summed E-state index contributed by atoms with van der Waals surface area (Å²) in [6, 6.07) is 15.1. The number of ether oxygens (including phenoxy) is 1. The van der Waals surface area contributed by atoms with Crippen LogP contribution in [0.4, 0.5) is 10.1 Å². The van der Waals surface area contributed by atoms with Gasteiger partial charge in [0.1, 0.15) is 11.6 Å². The first-order valence-electron chi connectivity index (χ1n) is 10.2. The van der Waals surface area contributed by atoms with Crippen molar-refractivity contribution < 1.29 is 9.13 Å². The Kier molecular flexibility index (Phi) is 5.94. The van der Waals surface area contributed by atoms with E-state index in [1.54, 1.807) is 13.2 Å². The number of anilines is 1. The van der Waals surface area contributed by atoms with Crippen LogP contribution >= 0.6 is 0 Å². The van der Waals surface area contributed by atoms with Gasteiger partial charge in [0.2, 0.25) is 0 Å². The lowest BCUT2D eigenvalue weighted by molar-refractivity contribution is 0.198. The summed E-state index contributed by atoms with van der Waals surface area (Å²) in [5, 5.41) is 12.5. The van der Waals surface area contributed by atoms with E-state index in [0.29, 0.717) is 5.69 Å². The molecule has 1 aliphatic rings. The lowest BCUT2D eigenvalue weighted by Crippen LogP contribution is -2.48. The number of aromatic nitrogens is 4. The first kappa shape index (κ1) is 20.3. The number of tetrazole rings is 1. The molecule has 0 unspecified atom stereocenters. The predicted molar refractivity (Wildman–Crippen MR) is 113 cm³/mol. The third kappa shape index (κ3) is 4.00. The van der Waals surface area contributed by atoms with E-state index in [0.717, 1.165) is 43.3 Å². The van der Waals surface area contributed by atoms with Crippen molar-refractivity contribution in [2.24, 2.45) is 0 Å². The lowest BCUT2D eigenvalue weighted by atomic mass is 10.0. The quantitative estimate of drug-likeness (QED) is 0.621. The van der Waals surface area contributed by atoms with E-state index >= 15 is 0 Å². The van der Waals surface area contributed by atoms with Crippen molar-refractivity contribution in [2.75, 3.05) is 38.2 Å². The zero-order chi connectivity index (χ0) is 21.1. The zero-order valence-corrected chi connectivity index (χ0v) is 17.6. The molecule has 0 spiro atoms. The third-order valence-electron chi connectivity index (χ3n) is 5.56. The molecule has 0 aliphatic carbocycles. The van der Waals surface area contributed by atoms with Crippen molar-refractivity contribution in [1.82, 2.24) is 25.1 Å². The number of para-hydroxylation sites is 1. The molecule has 2 aromatic carbocycles. The Bertz CT molecular complexity index is 966. The van der Waals surface area contributed by atoms with Crippen LogP contribution < -0.4 is 9.64 Å². The summed E-state index contributed by atoms with van der Waals surface area (Å²) in [5.74, 6) is 1.45. The number of benzene rings is 2. The minimum Gasteiger partial charge on any atom is -0.497 e. The van der Waals surface area contributed by atoms with Gasteiger partial charge in [-0.25, -0.2) is 9.07 Å². The maximum Gasteiger partial charge on any atom is 0.173 e. The van der Waals surface area contributed by atoms with E-state index in [4.69, 9.17) is 4.74 Å². The lowest BCUT2D eigenvalue weighted by Gasteiger charge is -2.40. The molecule has 0 amide bonds. The van der Waals surface area contributed by atoms with Crippen LogP contribution in [0.15, 0.2) is 48.5 Å². The fourth-order valence-corrected chi connectivity index (χ4v) is 3.99. The number of methoxy groups -OCH3 is 1. The molecule has 7 nitrogen and oxygen atoms in total. The van der Waals surface area contributed by atoms with Crippen molar-refractivity contribution in [2.45, 2.75) is 25.9 Å². The molecule has 0 bridgehead atoms. The summed E-state index contributed by atoms with van der Waals surface area (Å²) in [7, 11) is 1.66. The van der Waals surface area contributed by atoms with Crippen LogP contribution in [0.5, 0.6) is 5.75 Å². The number of piperazine rings is 1. The van der Waals surface area contributed by atoms with Crippen molar-refractivity contribution in [3.63, 3.8) is 0 Å². The Labute approximate surface area is 176 Å².